The highest BCUT2D eigenvalue weighted by atomic mass is 32.2. The average Bonchev–Trinajstić information content (AvgIpc) is 2.17. The summed E-state index contributed by atoms with van der Waals surface area (Å²) < 4.78 is 11.4. The summed E-state index contributed by atoms with van der Waals surface area (Å²) in [5, 5.41) is 0. The summed E-state index contributed by atoms with van der Waals surface area (Å²) >= 11 is 0. The molecule has 1 atom stereocenters. The summed E-state index contributed by atoms with van der Waals surface area (Å²) in [6, 6.07) is 8.17. The SMILES string of the molecule is CN1CC(S(C)=O)=Cc2ccccc21. The van der Waals surface area contributed by atoms with Crippen LogP contribution in [-0.4, -0.2) is 24.1 Å². The van der Waals surface area contributed by atoms with E-state index in [1.165, 1.54) is 5.69 Å². The number of anilines is 1. The van der Waals surface area contributed by atoms with Crippen molar-refractivity contribution >= 4 is 22.6 Å². The molecule has 0 radical (unpaired) electrons. The maximum atomic E-state index is 11.4. The first-order valence-corrected chi connectivity index (χ1v) is 6.08. The van der Waals surface area contributed by atoms with Gasteiger partial charge in [0.05, 0.1) is 6.54 Å². The van der Waals surface area contributed by atoms with E-state index in [0.29, 0.717) is 0 Å². The zero-order valence-electron chi connectivity index (χ0n) is 8.36. The molecular weight excluding hydrogens is 194 g/mol. The molecule has 0 aliphatic carbocycles. The Kier molecular flexibility index (Phi) is 2.42. The van der Waals surface area contributed by atoms with Gasteiger partial charge in [-0.15, -0.1) is 0 Å². The van der Waals surface area contributed by atoms with Crippen LogP contribution in [0.25, 0.3) is 6.08 Å². The van der Waals surface area contributed by atoms with Gasteiger partial charge in [-0.1, -0.05) is 18.2 Å². The molecule has 1 aliphatic rings. The second-order valence-corrected chi connectivity index (χ2v) is 4.91. The van der Waals surface area contributed by atoms with Gasteiger partial charge in [-0.3, -0.25) is 4.21 Å². The normalized spacial score (nSPS) is 17.3. The Balaban J connectivity index is 2.50. The van der Waals surface area contributed by atoms with Gasteiger partial charge in [0, 0.05) is 34.7 Å². The third-order valence-corrected chi connectivity index (χ3v) is 3.41. The van der Waals surface area contributed by atoms with Crippen LogP contribution in [0, 0.1) is 0 Å². The van der Waals surface area contributed by atoms with E-state index >= 15 is 0 Å². The number of hydrogen-bond donors (Lipinski definition) is 0. The van der Waals surface area contributed by atoms with Gasteiger partial charge in [0.15, 0.2) is 0 Å². The smallest absolute Gasteiger partial charge is 0.0511 e. The van der Waals surface area contributed by atoms with Gasteiger partial charge in [-0.25, -0.2) is 0 Å². The van der Waals surface area contributed by atoms with Gasteiger partial charge in [0.1, 0.15) is 0 Å². The summed E-state index contributed by atoms with van der Waals surface area (Å²) in [7, 11) is 1.17. The Morgan fingerprint density at radius 1 is 1.36 bits per heavy atom. The lowest BCUT2D eigenvalue weighted by molar-refractivity contribution is 0.689. The lowest BCUT2D eigenvalue weighted by atomic mass is 10.1. The zero-order valence-corrected chi connectivity index (χ0v) is 9.17. The third-order valence-electron chi connectivity index (χ3n) is 2.43. The van der Waals surface area contributed by atoms with Crippen LogP contribution in [0.15, 0.2) is 29.2 Å². The van der Waals surface area contributed by atoms with Crippen LogP contribution >= 0.6 is 0 Å². The van der Waals surface area contributed by atoms with Gasteiger partial charge < -0.3 is 4.90 Å². The van der Waals surface area contributed by atoms with Gasteiger partial charge in [0.25, 0.3) is 0 Å². The molecule has 1 aromatic rings. The van der Waals surface area contributed by atoms with Gasteiger partial charge in [-0.2, -0.15) is 0 Å². The molecule has 1 unspecified atom stereocenters. The van der Waals surface area contributed by atoms with Crippen LogP contribution in [0.4, 0.5) is 5.69 Å². The number of benzene rings is 1. The van der Waals surface area contributed by atoms with E-state index in [9.17, 15) is 4.21 Å². The molecule has 2 nitrogen and oxygen atoms in total. The molecule has 1 aliphatic heterocycles. The zero-order chi connectivity index (χ0) is 10.1. The summed E-state index contributed by atoms with van der Waals surface area (Å²) in [5.74, 6) is 0. The maximum Gasteiger partial charge on any atom is 0.0511 e. The molecule has 0 saturated heterocycles. The minimum absolute atomic E-state index is 0.764. The van der Waals surface area contributed by atoms with E-state index in [-0.39, 0.29) is 0 Å². The van der Waals surface area contributed by atoms with Gasteiger partial charge in [-0.05, 0) is 17.7 Å². The lowest BCUT2D eigenvalue weighted by Crippen LogP contribution is -2.25. The van der Waals surface area contributed by atoms with Crippen molar-refractivity contribution in [1.29, 1.82) is 0 Å². The predicted octanol–water partition coefficient (Wildman–Crippen LogP) is 1.86. The van der Waals surface area contributed by atoms with Crippen molar-refractivity contribution in [3.05, 3.63) is 34.7 Å². The number of rotatable bonds is 1. The Labute approximate surface area is 86.7 Å². The van der Waals surface area contributed by atoms with E-state index in [1.54, 1.807) is 6.26 Å². The van der Waals surface area contributed by atoms with Crippen LogP contribution < -0.4 is 4.90 Å². The molecular formula is C11H13NOS. The number of hydrogen-bond acceptors (Lipinski definition) is 2. The number of fused-ring (bicyclic) bond motifs is 1. The Bertz CT molecular complexity index is 412. The highest BCUT2D eigenvalue weighted by molar-refractivity contribution is 7.88. The standard InChI is InChI=1S/C11H13NOS/c1-12-8-10(14(2)13)7-9-5-3-4-6-11(9)12/h3-7H,8H2,1-2H3. The second kappa shape index (κ2) is 3.58. The van der Waals surface area contributed by atoms with Crippen LogP contribution in [-0.2, 0) is 10.8 Å². The van der Waals surface area contributed by atoms with Crippen molar-refractivity contribution in [3.63, 3.8) is 0 Å². The van der Waals surface area contributed by atoms with E-state index in [4.69, 9.17) is 0 Å². The molecule has 1 heterocycles. The number of likely N-dealkylation sites (N-methyl/N-ethyl adjacent to an activating group) is 1. The third kappa shape index (κ3) is 1.60. The average molecular weight is 207 g/mol. The van der Waals surface area contributed by atoms with Crippen molar-refractivity contribution in [3.8, 4) is 0 Å². The first kappa shape index (κ1) is 9.46. The Morgan fingerprint density at radius 3 is 2.79 bits per heavy atom. The van der Waals surface area contributed by atoms with Crippen molar-refractivity contribution in [1.82, 2.24) is 0 Å². The minimum Gasteiger partial charge on any atom is -0.369 e. The van der Waals surface area contributed by atoms with Gasteiger partial charge >= 0.3 is 0 Å². The molecule has 2 rings (SSSR count). The topological polar surface area (TPSA) is 20.3 Å². The van der Waals surface area contributed by atoms with Crippen molar-refractivity contribution < 1.29 is 4.21 Å². The molecule has 0 spiro atoms. The summed E-state index contributed by atoms with van der Waals surface area (Å²) in [5.41, 5.74) is 2.37. The fourth-order valence-electron chi connectivity index (χ4n) is 1.67. The maximum absolute atomic E-state index is 11.4. The quantitative estimate of drug-likeness (QED) is 0.700. The highest BCUT2D eigenvalue weighted by Gasteiger charge is 2.15. The Hall–Kier alpha value is -1.09. The molecule has 74 valence electrons. The first-order valence-electron chi connectivity index (χ1n) is 4.52. The number of para-hydroxylation sites is 1. The van der Waals surface area contributed by atoms with Crippen molar-refractivity contribution in [2.75, 3.05) is 24.7 Å². The minimum atomic E-state index is -0.861. The fourth-order valence-corrected chi connectivity index (χ4v) is 2.34. The van der Waals surface area contributed by atoms with E-state index < -0.39 is 10.8 Å². The lowest BCUT2D eigenvalue weighted by Gasteiger charge is -2.26. The summed E-state index contributed by atoms with van der Waals surface area (Å²) in [6.45, 7) is 0.764. The number of nitrogens with zero attached hydrogens (tertiary/aromatic N) is 1. The van der Waals surface area contributed by atoms with Crippen LogP contribution in [0.1, 0.15) is 5.56 Å². The predicted molar refractivity (Wildman–Crippen MR) is 61.8 cm³/mol. The molecule has 1 aromatic carbocycles. The molecule has 0 amide bonds. The molecule has 14 heavy (non-hydrogen) atoms. The second-order valence-electron chi connectivity index (χ2n) is 3.48. The molecule has 0 aromatic heterocycles. The van der Waals surface area contributed by atoms with E-state index in [1.807, 2.05) is 25.3 Å². The van der Waals surface area contributed by atoms with Crippen molar-refractivity contribution in [2.45, 2.75) is 0 Å². The molecule has 0 bridgehead atoms. The molecule has 0 N–H and O–H groups in total. The fraction of sp³-hybridized carbons (Fsp3) is 0.273. The largest absolute Gasteiger partial charge is 0.369 e. The van der Waals surface area contributed by atoms with E-state index in [2.05, 4.69) is 17.0 Å². The highest BCUT2D eigenvalue weighted by Crippen LogP contribution is 2.27. The first-order chi connectivity index (χ1) is 6.68. The van der Waals surface area contributed by atoms with Crippen LogP contribution in [0.5, 0.6) is 0 Å². The Morgan fingerprint density at radius 2 is 2.07 bits per heavy atom. The van der Waals surface area contributed by atoms with E-state index in [0.717, 1.165) is 17.0 Å². The van der Waals surface area contributed by atoms with Crippen LogP contribution in [0.3, 0.4) is 0 Å². The van der Waals surface area contributed by atoms with Gasteiger partial charge in [0.2, 0.25) is 0 Å². The molecule has 0 saturated carbocycles. The summed E-state index contributed by atoms with van der Waals surface area (Å²) in [4.78, 5) is 3.12. The molecule has 0 fully saturated rings. The molecule has 3 heteroatoms. The summed E-state index contributed by atoms with van der Waals surface area (Å²) in [6.07, 6.45) is 3.76. The monoisotopic (exact) mass is 207 g/mol. The van der Waals surface area contributed by atoms with Crippen LogP contribution in [0.2, 0.25) is 0 Å². The van der Waals surface area contributed by atoms with Crippen molar-refractivity contribution in [2.24, 2.45) is 0 Å².